The highest BCUT2D eigenvalue weighted by Crippen LogP contribution is 2.26. The van der Waals surface area contributed by atoms with Crippen LogP contribution in [0.5, 0.6) is 0 Å². The summed E-state index contributed by atoms with van der Waals surface area (Å²) >= 11 is 0. The van der Waals surface area contributed by atoms with Crippen molar-refractivity contribution in [2.45, 2.75) is 38.1 Å². The maximum Gasteiger partial charge on any atom is 0.274 e. The summed E-state index contributed by atoms with van der Waals surface area (Å²) in [7, 11) is -0.642. The van der Waals surface area contributed by atoms with Gasteiger partial charge in [0.2, 0.25) is 15.9 Å². The van der Waals surface area contributed by atoms with E-state index in [4.69, 9.17) is 0 Å². The van der Waals surface area contributed by atoms with E-state index >= 15 is 0 Å². The third-order valence-corrected chi connectivity index (χ3v) is 7.06. The number of nitrogens with one attached hydrogen (secondary N) is 1. The van der Waals surface area contributed by atoms with Gasteiger partial charge >= 0.3 is 0 Å². The number of aryl methyl sites for hydroxylation is 2. The van der Waals surface area contributed by atoms with Crippen LogP contribution in [0.2, 0.25) is 0 Å². The Kier molecular flexibility index (Phi) is 6.60. The fourth-order valence-corrected chi connectivity index (χ4v) is 4.39. The van der Waals surface area contributed by atoms with Crippen molar-refractivity contribution in [1.29, 1.82) is 0 Å². The van der Waals surface area contributed by atoms with Crippen molar-refractivity contribution in [3.63, 3.8) is 0 Å². The molecule has 0 saturated heterocycles. The van der Waals surface area contributed by atoms with Crippen molar-refractivity contribution in [2.75, 3.05) is 19.4 Å². The highest BCUT2D eigenvalue weighted by atomic mass is 32.2. The summed E-state index contributed by atoms with van der Waals surface area (Å²) in [5, 5.41) is 13.8. The van der Waals surface area contributed by atoms with Crippen LogP contribution < -0.4 is 5.32 Å². The molecule has 10 nitrogen and oxygen atoms in total. The van der Waals surface area contributed by atoms with Gasteiger partial charge in [-0.3, -0.25) is 14.9 Å². The van der Waals surface area contributed by atoms with Gasteiger partial charge in [0.05, 0.1) is 32.1 Å². The minimum atomic E-state index is -3.58. The van der Waals surface area contributed by atoms with Crippen LogP contribution in [0.1, 0.15) is 24.7 Å². The number of benzene rings is 2. The first-order valence-corrected chi connectivity index (χ1v) is 11.5. The summed E-state index contributed by atoms with van der Waals surface area (Å²) in [6, 6.07) is 9.34. The number of nitrogens with zero attached hydrogens (tertiary/aromatic N) is 4. The fraction of sp³-hybridized carbons (Fsp3) is 0.333. The predicted molar refractivity (Wildman–Crippen MR) is 121 cm³/mol. The maximum absolute atomic E-state index is 12.5. The van der Waals surface area contributed by atoms with Gasteiger partial charge in [0, 0.05) is 39.5 Å². The van der Waals surface area contributed by atoms with E-state index in [1.807, 2.05) is 11.5 Å². The van der Waals surface area contributed by atoms with Gasteiger partial charge in [0.15, 0.2) is 0 Å². The quantitative estimate of drug-likeness (QED) is 0.407. The summed E-state index contributed by atoms with van der Waals surface area (Å²) < 4.78 is 27.9. The molecular weight excluding hydrogens is 434 g/mol. The number of fused-ring (bicyclic) bond motifs is 1. The molecule has 1 amide bonds. The number of nitro benzene ring substituents is 1. The van der Waals surface area contributed by atoms with Crippen LogP contribution in [0, 0.1) is 17.0 Å². The molecule has 0 unspecified atom stereocenters. The molecule has 0 atom stereocenters. The molecule has 3 aromatic rings. The molecule has 1 aromatic heterocycles. The molecule has 2 aromatic carbocycles. The molecule has 170 valence electrons. The second-order valence-corrected chi connectivity index (χ2v) is 9.62. The summed E-state index contributed by atoms with van der Waals surface area (Å²) in [6.45, 7) is 4.14. The molecule has 0 aliphatic rings. The Morgan fingerprint density at radius 3 is 2.59 bits per heavy atom. The Balaban J connectivity index is 1.81. The number of carbonyl (C=O) groups is 1. The van der Waals surface area contributed by atoms with Crippen LogP contribution in [-0.4, -0.2) is 47.2 Å². The zero-order chi connectivity index (χ0) is 23.6. The van der Waals surface area contributed by atoms with Crippen molar-refractivity contribution in [1.82, 2.24) is 13.9 Å². The Morgan fingerprint density at radius 2 is 1.97 bits per heavy atom. The highest BCUT2D eigenvalue weighted by molar-refractivity contribution is 7.89. The lowest BCUT2D eigenvalue weighted by molar-refractivity contribution is -0.385. The predicted octanol–water partition coefficient (Wildman–Crippen LogP) is 3.09. The van der Waals surface area contributed by atoms with E-state index in [2.05, 4.69) is 10.3 Å². The topological polar surface area (TPSA) is 127 Å². The first-order valence-electron chi connectivity index (χ1n) is 10.0. The normalized spacial score (nSPS) is 11.8. The van der Waals surface area contributed by atoms with Crippen molar-refractivity contribution < 1.29 is 18.1 Å². The molecule has 0 bridgehead atoms. The van der Waals surface area contributed by atoms with Crippen LogP contribution in [0.3, 0.4) is 0 Å². The lowest BCUT2D eigenvalue weighted by atomic mass is 10.1. The minimum absolute atomic E-state index is 0.0564. The lowest BCUT2D eigenvalue weighted by Gasteiger charge is -2.11. The molecule has 0 saturated carbocycles. The number of carbonyl (C=O) groups excluding carboxylic acids is 1. The molecule has 11 heteroatoms. The summed E-state index contributed by atoms with van der Waals surface area (Å²) in [4.78, 5) is 27.8. The highest BCUT2D eigenvalue weighted by Gasteiger charge is 2.20. The number of nitro groups is 1. The first kappa shape index (κ1) is 23.4. The number of anilines is 1. The second kappa shape index (κ2) is 9.05. The third-order valence-electron chi connectivity index (χ3n) is 5.25. The van der Waals surface area contributed by atoms with Crippen LogP contribution in [-0.2, 0) is 27.8 Å². The lowest BCUT2D eigenvalue weighted by Crippen LogP contribution is -2.22. The molecule has 0 aliphatic heterocycles. The molecule has 3 rings (SSSR count). The molecule has 0 radical (unpaired) electrons. The first-order chi connectivity index (χ1) is 15.1. The summed E-state index contributed by atoms with van der Waals surface area (Å²) in [5.41, 5.74) is 2.06. The van der Waals surface area contributed by atoms with Gasteiger partial charge in [-0.05, 0) is 38.1 Å². The van der Waals surface area contributed by atoms with Crippen LogP contribution in [0.4, 0.5) is 11.4 Å². The maximum atomic E-state index is 12.5. The largest absolute Gasteiger partial charge is 0.328 e. The van der Waals surface area contributed by atoms with E-state index in [-0.39, 0.29) is 22.9 Å². The van der Waals surface area contributed by atoms with Crippen molar-refractivity contribution in [3.8, 4) is 0 Å². The number of hydrogen-bond acceptors (Lipinski definition) is 6. The van der Waals surface area contributed by atoms with Gasteiger partial charge in [0.25, 0.3) is 5.69 Å². The molecule has 1 heterocycles. The number of hydrogen-bond donors (Lipinski definition) is 1. The molecule has 0 spiro atoms. The second-order valence-electron chi connectivity index (χ2n) is 7.47. The fourth-order valence-electron chi connectivity index (χ4n) is 3.47. The Bertz CT molecular complexity index is 1300. The van der Waals surface area contributed by atoms with Crippen LogP contribution in [0.25, 0.3) is 11.0 Å². The molecule has 1 N–H and O–H groups in total. The number of imidazole rings is 1. The van der Waals surface area contributed by atoms with E-state index in [0.717, 1.165) is 9.82 Å². The number of rotatable bonds is 8. The molecule has 0 aliphatic carbocycles. The van der Waals surface area contributed by atoms with E-state index in [1.165, 1.54) is 32.3 Å². The van der Waals surface area contributed by atoms with Gasteiger partial charge < -0.3 is 9.88 Å². The molecule has 32 heavy (non-hydrogen) atoms. The van der Waals surface area contributed by atoms with E-state index in [9.17, 15) is 23.3 Å². The third kappa shape index (κ3) is 4.48. The number of sulfonamides is 1. The Morgan fingerprint density at radius 1 is 1.25 bits per heavy atom. The van der Waals surface area contributed by atoms with Crippen molar-refractivity contribution in [2.24, 2.45) is 0 Å². The Labute approximate surface area is 186 Å². The monoisotopic (exact) mass is 459 g/mol. The van der Waals surface area contributed by atoms with Crippen LogP contribution in [0.15, 0.2) is 41.3 Å². The van der Waals surface area contributed by atoms with Gasteiger partial charge in [-0.1, -0.05) is 6.07 Å². The average Bonchev–Trinajstić information content (AvgIpc) is 3.10. The zero-order valence-electron chi connectivity index (χ0n) is 18.3. The van der Waals surface area contributed by atoms with Crippen molar-refractivity contribution in [3.05, 3.63) is 57.9 Å². The minimum Gasteiger partial charge on any atom is -0.328 e. The Hall–Kier alpha value is -3.31. The van der Waals surface area contributed by atoms with Gasteiger partial charge in [0.1, 0.15) is 5.82 Å². The van der Waals surface area contributed by atoms with Gasteiger partial charge in [-0.2, -0.15) is 0 Å². The van der Waals surface area contributed by atoms with Crippen LogP contribution >= 0.6 is 0 Å². The van der Waals surface area contributed by atoms with E-state index in [0.29, 0.717) is 35.6 Å². The number of aromatic nitrogens is 2. The molecular formula is C21H25N5O5S. The van der Waals surface area contributed by atoms with Crippen molar-refractivity contribution >= 4 is 38.3 Å². The zero-order valence-corrected chi connectivity index (χ0v) is 19.1. The van der Waals surface area contributed by atoms with Gasteiger partial charge in [-0.25, -0.2) is 17.7 Å². The summed E-state index contributed by atoms with van der Waals surface area (Å²) in [5.74, 6) is 0.368. The smallest absolute Gasteiger partial charge is 0.274 e. The average molecular weight is 460 g/mol. The standard InChI is InChI=1S/C21H25N5O5S/c1-5-25-19-10-9-15(32(30,31)24(3)4)13-17(19)22-20(25)11-12-21(27)23-16-7-6-8-18(14(16)2)26(28)29/h6-10,13H,5,11-12H2,1-4H3,(H,23,27). The van der Waals surface area contributed by atoms with Gasteiger partial charge in [-0.15, -0.1) is 0 Å². The SMILES string of the molecule is CCn1c(CCC(=O)Nc2cccc([N+](=O)[O-])c2C)nc2cc(S(=O)(=O)N(C)C)ccc21. The summed E-state index contributed by atoms with van der Waals surface area (Å²) in [6.07, 6.45) is 0.451. The van der Waals surface area contributed by atoms with E-state index < -0.39 is 14.9 Å². The number of amides is 1. The van der Waals surface area contributed by atoms with E-state index in [1.54, 1.807) is 25.1 Å². The molecule has 0 fully saturated rings.